The number of aliphatic hydroxyl groups is 1. The number of aromatic nitrogens is 1. The van der Waals surface area contributed by atoms with E-state index >= 15 is 0 Å². The third-order valence-corrected chi connectivity index (χ3v) is 3.14. The van der Waals surface area contributed by atoms with E-state index in [2.05, 4.69) is 10.3 Å². The van der Waals surface area contributed by atoms with Gasteiger partial charge < -0.3 is 10.4 Å². The second kappa shape index (κ2) is 7.03. The van der Waals surface area contributed by atoms with Gasteiger partial charge in [0.15, 0.2) is 0 Å². The van der Waals surface area contributed by atoms with E-state index in [0.29, 0.717) is 17.1 Å². The number of nitrogens with one attached hydrogen (secondary N) is 1. The zero-order valence-electron chi connectivity index (χ0n) is 10.8. The summed E-state index contributed by atoms with van der Waals surface area (Å²) >= 11 is 5.69. The summed E-state index contributed by atoms with van der Waals surface area (Å²) in [6.07, 6.45) is 1.88. The maximum absolute atomic E-state index is 12.1. The maximum Gasteiger partial charge on any atom is 0.253 e. The van der Waals surface area contributed by atoms with E-state index in [4.69, 9.17) is 16.7 Å². The standard InChI is InChI=1S/C15H15ClN2O2/c16-14-7-6-12(10-17-14)15(20)18-13(8-9-19)11-4-2-1-3-5-11/h1-7,10,13,19H,8-9H2,(H,18,20). The minimum atomic E-state index is -0.239. The SMILES string of the molecule is O=C(NC(CCO)c1ccccc1)c1ccc(Cl)nc1. The molecule has 2 rings (SSSR count). The minimum absolute atomic E-state index is 0.00128. The summed E-state index contributed by atoms with van der Waals surface area (Å²) in [6.45, 7) is -0.00128. The van der Waals surface area contributed by atoms with E-state index < -0.39 is 0 Å². The predicted octanol–water partition coefficient (Wildman–Crippen LogP) is 2.59. The first kappa shape index (κ1) is 14.5. The molecule has 1 unspecified atom stereocenters. The van der Waals surface area contributed by atoms with Crippen molar-refractivity contribution in [3.8, 4) is 0 Å². The molecule has 0 aliphatic carbocycles. The van der Waals surface area contributed by atoms with Gasteiger partial charge in [-0.25, -0.2) is 4.98 Å². The smallest absolute Gasteiger partial charge is 0.253 e. The highest BCUT2D eigenvalue weighted by Crippen LogP contribution is 2.17. The number of amides is 1. The molecule has 2 N–H and O–H groups in total. The van der Waals surface area contributed by atoms with Crippen molar-refractivity contribution in [2.75, 3.05) is 6.61 Å². The zero-order chi connectivity index (χ0) is 14.4. The molecule has 0 saturated heterocycles. The quantitative estimate of drug-likeness (QED) is 0.832. The second-order valence-corrected chi connectivity index (χ2v) is 4.71. The molecule has 2 aromatic rings. The number of hydrogen-bond donors (Lipinski definition) is 2. The molecule has 1 aromatic heterocycles. The molecule has 0 aliphatic heterocycles. The van der Waals surface area contributed by atoms with Crippen molar-refractivity contribution in [1.29, 1.82) is 0 Å². The van der Waals surface area contributed by atoms with Crippen LogP contribution in [0.1, 0.15) is 28.4 Å². The van der Waals surface area contributed by atoms with Crippen LogP contribution in [0.25, 0.3) is 0 Å². The molecule has 0 aliphatic rings. The number of nitrogens with zero attached hydrogens (tertiary/aromatic N) is 1. The third-order valence-electron chi connectivity index (χ3n) is 2.91. The number of benzene rings is 1. The van der Waals surface area contributed by atoms with Crippen LogP contribution in [0, 0.1) is 0 Å². The van der Waals surface area contributed by atoms with E-state index in [1.54, 1.807) is 12.1 Å². The Morgan fingerprint density at radius 2 is 2.00 bits per heavy atom. The van der Waals surface area contributed by atoms with Crippen LogP contribution in [-0.2, 0) is 0 Å². The molecule has 1 heterocycles. The molecule has 0 radical (unpaired) electrons. The summed E-state index contributed by atoms with van der Waals surface area (Å²) in [5.74, 6) is -0.239. The van der Waals surface area contributed by atoms with Crippen LogP contribution in [-0.4, -0.2) is 22.6 Å². The first-order chi connectivity index (χ1) is 9.70. The van der Waals surface area contributed by atoms with Gasteiger partial charge in [0.2, 0.25) is 0 Å². The van der Waals surface area contributed by atoms with E-state index in [-0.39, 0.29) is 18.6 Å². The van der Waals surface area contributed by atoms with E-state index in [1.165, 1.54) is 6.20 Å². The van der Waals surface area contributed by atoms with Crippen molar-refractivity contribution in [2.24, 2.45) is 0 Å². The van der Waals surface area contributed by atoms with Gasteiger partial charge in [-0.3, -0.25) is 4.79 Å². The maximum atomic E-state index is 12.1. The Balaban J connectivity index is 2.12. The Morgan fingerprint density at radius 3 is 2.60 bits per heavy atom. The number of carbonyl (C=O) groups excluding carboxylic acids is 1. The lowest BCUT2D eigenvalue weighted by Gasteiger charge is -2.18. The van der Waals surface area contributed by atoms with Crippen LogP contribution >= 0.6 is 11.6 Å². The number of carbonyl (C=O) groups is 1. The fraction of sp³-hybridized carbons (Fsp3) is 0.200. The van der Waals surface area contributed by atoms with Crippen molar-refractivity contribution in [2.45, 2.75) is 12.5 Å². The molecule has 104 valence electrons. The summed E-state index contributed by atoms with van der Waals surface area (Å²) in [6, 6.07) is 12.5. The second-order valence-electron chi connectivity index (χ2n) is 4.32. The molecule has 1 atom stereocenters. The van der Waals surface area contributed by atoms with Crippen LogP contribution in [0.15, 0.2) is 48.7 Å². The van der Waals surface area contributed by atoms with Gasteiger partial charge in [0, 0.05) is 12.8 Å². The molecular weight excluding hydrogens is 276 g/mol. The molecule has 1 aromatic carbocycles. The Labute approximate surface area is 122 Å². The number of hydrogen-bond acceptors (Lipinski definition) is 3. The van der Waals surface area contributed by atoms with E-state index in [1.807, 2.05) is 30.3 Å². The van der Waals surface area contributed by atoms with Gasteiger partial charge in [0.1, 0.15) is 5.15 Å². The fourth-order valence-corrected chi connectivity index (χ4v) is 2.00. The normalized spacial score (nSPS) is 11.9. The summed E-state index contributed by atoms with van der Waals surface area (Å²) in [4.78, 5) is 16.0. The molecule has 0 bridgehead atoms. The lowest BCUT2D eigenvalue weighted by atomic mass is 10.0. The predicted molar refractivity (Wildman–Crippen MR) is 77.6 cm³/mol. The van der Waals surface area contributed by atoms with Gasteiger partial charge in [-0.15, -0.1) is 0 Å². The van der Waals surface area contributed by atoms with Gasteiger partial charge >= 0.3 is 0 Å². The first-order valence-electron chi connectivity index (χ1n) is 6.29. The highest BCUT2D eigenvalue weighted by atomic mass is 35.5. The van der Waals surface area contributed by atoms with Crippen molar-refractivity contribution in [1.82, 2.24) is 10.3 Å². The summed E-state index contributed by atoms with van der Waals surface area (Å²) in [5, 5.41) is 12.4. The highest BCUT2D eigenvalue weighted by molar-refractivity contribution is 6.29. The van der Waals surface area contributed by atoms with Crippen LogP contribution < -0.4 is 5.32 Å². The van der Waals surface area contributed by atoms with Gasteiger partial charge in [-0.05, 0) is 24.1 Å². The average molecular weight is 291 g/mol. The van der Waals surface area contributed by atoms with Crippen molar-refractivity contribution < 1.29 is 9.90 Å². The summed E-state index contributed by atoms with van der Waals surface area (Å²) in [5.41, 5.74) is 1.39. The number of rotatable bonds is 5. The monoisotopic (exact) mass is 290 g/mol. The zero-order valence-corrected chi connectivity index (χ0v) is 11.5. The minimum Gasteiger partial charge on any atom is -0.396 e. The van der Waals surface area contributed by atoms with Crippen LogP contribution in [0.2, 0.25) is 5.15 Å². The Kier molecular flexibility index (Phi) is 5.09. The molecular formula is C15H15ClN2O2. The Hall–Kier alpha value is -1.91. The van der Waals surface area contributed by atoms with Gasteiger partial charge in [-0.1, -0.05) is 41.9 Å². The molecule has 0 saturated carbocycles. The van der Waals surface area contributed by atoms with Gasteiger partial charge in [0.25, 0.3) is 5.91 Å². The third kappa shape index (κ3) is 3.79. The number of halogens is 1. The summed E-state index contributed by atoms with van der Waals surface area (Å²) < 4.78 is 0. The lowest BCUT2D eigenvalue weighted by molar-refractivity contribution is 0.0929. The fourth-order valence-electron chi connectivity index (χ4n) is 1.89. The van der Waals surface area contributed by atoms with Gasteiger partial charge in [-0.2, -0.15) is 0 Å². The van der Waals surface area contributed by atoms with Crippen molar-refractivity contribution >= 4 is 17.5 Å². The Morgan fingerprint density at radius 1 is 1.25 bits per heavy atom. The van der Waals surface area contributed by atoms with Crippen molar-refractivity contribution in [3.05, 3.63) is 64.9 Å². The van der Waals surface area contributed by atoms with E-state index in [0.717, 1.165) is 5.56 Å². The molecule has 4 nitrogen and oxygen atoms in total. The molecule has 20 heavy (non-hydrogen) atoms. The van der Waals surface area contributed by atoms with Crippen LogP contribution in [0.5, 0.6) is 0 Å². The first-order valence-corrected chi connectivity index (χ1v) is 6.66. The summed E-state index contributed by atoms with van der Waals surface area (Å²) in [7, 11) is 0. The average Bonchev–Trinajstić information content (AvgIpc) is 2.48. The topological polar surface area (TPSA) is 62.2 Å². The van der Waals surface area contributed by atoms with Crippen LogP contribution in [0.4, 0.5) is 0 Å². The number of aliphatic hydroxyl groups excluding tert-OH is 1. The van der Waals surface area contributed by atoms with E-state index in [9.17, 15) is 4.79 Å². The van der Waals surface area contributed by atoms with Crippen molar-refractivity contribution in [3.63, 3.8) is 0 Å². The van der Waals surface area contributed by atoms with Crippen LogP contribution in [0.3, 0.4) is 0 Å². The Bertz CT molecular complexity index is 558. The number of pyridine rings is 1. The molecule has 0 spiro atoms. The lowest BCUT2D eigenvalue weighted by Crippen LogP contribution is -2.29. The molecule has 5 heteroatoms. The van der Waals surface area contributed by atoms with Gasteiger partial charge in [0.05, 0.1) is 11.6 Å². The highest BCUT2D eigenvalue weighted by Gasteiger charge is 2.15. The molecule has 0 fully saturated rings. The molecule has 1 amide bonds. The largest absolute Gasteiger partial charge is 0.396 e.